The average molecular weight is 309 g/mol. The summed E-state index contributed by atoms with van der Waals surface area (Å²) in [7, 11) is 4.06. The fraction of sp³-hybridized carbons (Fsp3) is 0.222. The van der Waals surface area contributed by atoms with E-state index in [4.69, 9.17) is 5.11 Å². The lowest BCUT2D eigenvalue weighted by Crippen LogP contribution is -2.19. The van der Waals surface area contributed by atoms with Gasteiger partial charge in [-0.3, -0.25) is 4.90 Å². The van der Waals surface area contributed by atoms with Crippen LogP contribution in [0.3, 0.4) is 0 Å². The number of aromatic nitrogens is 2. The normalized spacial score (nSPS) is 11.3. The van der Waals surface area contributed by atoms with Crippen molar-refractivity contribution in [1.29, 1.82) is 0 Å². The van der Waals surface area contributed by atoms with Gasteiger partial charge in [0.15, 0.2) is 0 Å². The first-order chi connectivity index (χ1) is 11.0. The molecule has 3 aromatic rings. The fourth-order valence-corrected chi connectivity index (χ4v) is 2.70. The second-order valence-corrected chi connectivity index (χ2v) is 5.75. The minimum absolute atomic E-state index is 0.312. The van der Waals surface area contributed by atoms with Crippen molar-refractivity contribution in [1.82, 2.24) is 14.5 Å². The Hall–Kier alpha value is -2.66. The summed E-state index contributed by atoms with van der Waals surface area (Å²) in [6.45, 7) is 1.47. The van der Waals surface area contributed by atoms with Crippen LogP contribution in [0.25, 0.3) is 11.0 Å². The van der Waals surface area contributed by atoms with E-state index in [2.05, 4.69) is 20.5 Å². The predicted molar refractivity (Wildman–Crippen MR) is 89.3 cm³/mol. The van der Waals surface area contributed by atoms with Crippen molar-refractivity contribution in [2.24, 2.45) is 7.05 Å². The number of aromatic carboxylic acids is 1. The molecule has 0 saturated carbocycles. The summed E-state index contributed by atoms with van der Waals surface area (Å²) in [4.78, 5) is 17.7. The highest BCUT2D eigenvalue weighted by Crippen LogP contribution is 2.16. The van der Waals surface area contributed by atoms with Gasteiger partial charge in [-0.05, 0) is 36.9 Å². The molecular weight excluding hydrogens is 290 g/mol. The van der Waals surface area contributed by atoms with Gasteiger partial charge < -0.3 is 9.67 Å². The monoisotopic (exact) mass is 309 g/mol. The first kappa shape index (κ1) is 15.2. The second-order valence-electron chi connectivity index (χ2n) is 5.75. The lowest BCUT2D eigenvalue weighted by molar-refractivity contribution is 0.0697. The molecule has 118 valence electrons. The molecule has 0 spiro atoms. The van der Waals surface area contributed by atoms with Gasteiger partial charge in [0, 0.05) is 13.6 Å². The van der Waals surface area contributed by atoms with Gasteiger partial charge in [-0.1, -0.05) is 24.3 Å². The van der Waals surface area contributed by atoms with E-state index < -0.39 is 5.97 Å². The Bertz CT molecular complexity index is 837. The van der Waals surface area contributed by atoms with E-state index in [1.54, 1.807) is 12.1 Å². The minimum atomic E-state index is -0.899. The minimum Gasteiger partial charge on any atom is -0.478 e. The number of fused-ring (bicyclic) bond motifs is 1. The van der Waals surface area contributed by atoms with Crippen LogP contribution in [-0.2, 0) is 20.1 Å². The fourth-order valence-electron chi connectivity index (χ4n) is 2.70. The number of aryl methyl sites for hydroxylation is 1. The maximum atomic E-state index is 10.9. The highest BCUT2D eigenvalue weighted by Gasteiger charge is 2.10. The third-order valence-electron chi connectivity index (χ3n) is 3.94. The summed E-state index contributed by atoms with van der Waals surface area (Å²) in [6, 6.07) is 15.1. The molecule has 1 heterocycles. The van der Waals surface area contributed by atoms with Gasteiger partial charge in [-0.25, -0.2) is 9.78 Å². The first-order valence-electron chi connectivity index (χ1n) is 7.45. The van der Waals surface area contributed by atoms with Gasteiger partial charge in [-0.2, -0.15) is 0 Å². The molecule has 0 amide bonds. The van der Waals surface area contributed by atoms with Crippen LogP contribution >= 0.6 is 0 Å². The third-order valence-corrected chi connectivity index (χ3v) is 3.94. The standard InChI is InChI=1S/C18H19N3O2/c1-20(11-13-7-9-14(10-8-13)18(22)23)12-17-19-15-5-3-4-6-16(15)21(17)2/h3-10H,11-12H2,1-2H3,(H,22,23). The maximum absolute atomic E-state index is 10.9. The number of para-hydroxylation sites is 2. The Morgan fingerprint density at radius 2 is 1.83 bits per heavy atom. The van der Waals surface area contributed by atoms with Crippen molar-refractivity contribution >= 4 is 17.0 Å². The van der Waals surface area contributed by atoms with Crippen molar-refractivity contribution in [2.75, 3.05) is 7.05 Å². The van der Waals surface area contributed by atoms with Crippen LogP contribution in [0.4, 0.5) is 0 Å². The number of hydrogen-bond acceptors (Lipinski definition) is 3. The van der Waals surface area contributed by atoms with Crippen LogP contribution in [0.1, 0.15) is 21.7 Å². The summed E-state index contributed by atoms with van der Waals surface area (Å²) in [6.07, 6.45) is 0. The van der Waals surface area contributed by atoms with Gasteiger partial charge >= 0.3 is 5.97 Å². The Morgan fingerprint density at radius 1 is 1.13 bits per heavy atom. The average Bonchev–Trinajstić information content (AvgIpc) is 2.84. The molecule has 0 atom stereocenters. The summed E-state index contributed by atoms with van der Waals surface area (Å²) in [5.74, 6) is 0.112. The Kier molecular flexibility index (Phi) is 4.12. The van der Waals surface area contributed by atoms with E-state index in [1.165, 1.54) is 0 Å². The van der Waals surface area contributed by atoms with Crippen LogP contribution in [-0.4, -0.2) is 32.6 Å². The van der Waals surface area contributed by atoms with Crippen LogP contribution < -0.4 is 0 Å². The van der Waals surface area contributed by atoms with Crippen molar-refractivity contribution in [3.63, 3.8) is 0 Å². The zero-order chi connectivity index (χ0) is 16.4. The van der Waals surface area contributed by atoms with E-state index in [1.807, 2.05) is 44.4 Å². The Labute approximate surface area is 134 Å². The van der Waals surface area contributed by atoms with Crippen molar-refractivity contribution in [2.45, 2.75) is 13.1 Å². The molecule has 1 aromatic heterocycles. The lowest BCUT2D eigenvalue weighted by Gasteiger charge is -2.16. The van der Waals surface area contributed by atoms with E-state index in [9.17, 15) is 4.79 Å². The number of benzene rings is 2. The van der Waals surface area contributed by atoms with Crippen LogP contribution in [0, 0.1) is 0 Å². The molecule has 0 aliphatic rings. The topological polar surface area (TPSA) is 58.4 Å². The third kappa shape index (κ3) is 3.24. The van der Waals surface area contributed by atoms with Crippen LogP contribution in [0.5, 0.6) is 0 Å². The maximum Gasteiger partial charge on any atom is 0.335 e. The molecule has 0 aliphatic carbocycles. The van der Waals surface area contributed by atoms with Crippen LogP contribution in [0.2, 0.25) is 0 Å². The molecule has 23 heavy (non-hydrogen) atoms. The quantitative estimate of drug-likeness (QED) is 0.787. The number of carboxylic acids is 1. The molecule has 3 rings (SSSR count). The van der Waals surface area contributed by atoms with Gasteiger partial charge in [0.2, 0.25) is 0 Å². The molecule has 0 saturated heterocycles. The molecule has 5 heteroatoms. The van der Waals surface area contributed by atoms with Gasteiger partial charge in [-0.15, -0.1) is 0 Å². The van der Waals surface area contributed by atoms with E-state index in [0.717, 1.165) is 35.5 Å². The second kappa shape index (κ2) is 6.22. The van der Waals surface area contributed by atoms with E-state index >= 15 is 0 Å². The zero-order valence-electron chi connectivity index (χ0n) is 13.2. The number of hydrogen-bond donors (Lipinski definition) is 1. The molecule has 2 aromatic carbocycles. The van der Waals surface area contributed by atoms with E-state index in [0.29, 0.717) is 5.56 Å². The van der Waals surface area contributed by atoms with Crippen molar-refractivity contribution in [3.05, 3.63) is 65.5 Å². The lowest BCUT2D eigenvalue weighted by atomic mass is 10.1. The SMILES string of the molecule is CN(Cc1ccc(C(=O)O)cc1)Cc1nc2ccccc2n1C. The number of imidazole rings is 1. The number of carbonyl (C=O) groups is 1. The van der Waals surface area contributed by atoms with Gasteiger partial charge in [0.25, 0.3) is 0 Å². The predicted octanol–water partition coefficient (Wildman–Crippen LogP) is 2.90. The largest absolute Gasteiger partial charge is 0.478 e. The number of carboxylic acid groups (broad SMARTS) is 1. The van der Waals surface area contributed by atoms with E-state index in [-0.39, 0.29) is 0 Å². The zero-order valence-corrected chi connectivity index (χ0v) is 13.2. The molecular formula is C18H19N3O2. The molecule has 1 N–H and O–H groups in total. The first-order valence-corrected chi connectivity index (χ1v) is 7.45. The molecule has 0 aliphatic heterocycles. The molecule has 5 nitrogen and oxygen atoms in total. The smallest absolute Gasteiger partial charge is 0.335 e. The highest BCUT2D eigenvalue weighted by molar-refractivity contribution is 5.87. The number of nitrogens with zero attached hydrogens (tertiary/aromatic N) is 3. The molecule has 0 fully saturated rings. The molecule has 0 radical (unpaired) electrons. The summed E-state index contributed by atoms with van der Waals surface area (Å²) < 4.78 is 2.11. The molecule has 0 unspecified atom stereocenters. The van der Waals surface area contributed by atoms with Gasteiger partial charge in [0.05, 0.1) is 23.1 Å². The number of rotatable bonds is 5. The molecule has 0 bridgehead atoms. The summed E-state index contributed by atoms with van der Waals surface area (Å²) in [5, 5.41) is 8.93. The van der Waals surface area contributed by atoms with Gasteiger partial charge in [0.1, 0.15) is 5.82 Å². The van der Waals surface area contributed by atoms with Crippen LogP contribution in [0.15, 0.2) is 48.5 Å². The highest BCUT2D eigenvalue weighted by atomic mass is 16.4. The van der Waals surface area contributed by atoms with Crippen molar-refractivity contribution in [3.8, 4) is 0 Å². The summed E-state index contributed by atoms with van der Waals surface area (Å²) >= 11 is 0. The van der Waals surface area contributed by atoms with Crippen molar-refractivity contribution < 1.29 is 9.90 Å². The Balaban J connectivity index is 1.72. The Morgan fingerprint density at radius 3 is 2.48 bits per heavy atom. The summed E-state index contributed by atoms with van der Waals surface area (Å²) in [5.41, 5.74) is 3.52.